The molecule has 1 aromatic heterocycles. The molecule has 2 aromatic rings. The fourth-order valence-corrected chi connectivity index (χ4v) is 3.04. The lowest BCUT2D eigenvalue weighted by molar-refractivity contribution is 0.0970. The van der Waals surface area contributed by atoms with Crippen LogP contribution < -0.4 is 0 Å². The highest BCUT2D eigenvalue weighted by atomic mass is 16.2. The number of piperazine rings is 1. The summed E-state index contributed by atoms with van der Waals surface area (Å²) in [6.45, 7) is 2.59. The molecule has 8 nitrogen and oxygen atoms in total. The number of hydrogen-bond acceptors (Lipinski definition) is 6. The highest BCUT2D eigenvalue weighted by Gasteiger charge is 2.37. The van der Waals surface area contributed by atoms with Gasteiger partial charge >= 0.3 is 6.03 Å². The van der Waals surface area contributed by atoms with Gasteiger partial charge in [0.25, 0.3) is 0 Å². The summed E-state index contributed by atoms with van der Waals surface area (Å²) < 4.78 is 0.969. The number of hydrogen-bond donors (Lipinski definition) is 0. The number of likely N-dealkylation sites (N-methyl/N-ethyl adjacent to an activating group) is 1. The lowest BCUT2D eigenvalue weighted by Crippen LogP contribution is -2.49. The van der Waals surface area contributed by atoms with Crippen LogP contribution >= 0.6 is 0 Å². The molecule has 1 saturated heterocycles. The number of aromatic nitrogens is 3. The van der Waals surface area contributed by atoms with E-state index in [1.54, 1.807) is 29.2 Å². The van der Waals surface area contributed by atoms with Crippen molar-refractivity contribution in [3.63, 3.8) is 0 Å². The molecule has 0 bridgehead atoms. The number of carbonyl (C=O) groups excluding carboxylic acids is 3. The first-order valence-corrected chi connectivity index (χ1v) is 7.70. The normalized spacial score (nSPS) is 17.6. The van der Waals surface area contributed by atoms with E-state index in [2.05, 4.69) is 15.2 Å². The summed E-state index contributed by atoms with van der Waals surface area (Å²) in [5.74, 6) is -0.773. The minimum absolute atomic E-state index is 0.0392. The van der Waals surface area contributed by atoms with Gasteiger partial charge in [-0.1, -0.05) is 29.5 Å². The summed E-state index contributed by atoms with van der Waals surface area (Å²) in [6, 6.07) is 6.12. The van der Waals surface area contributed by atoms with Gasteiger partial charge in [0.2, 0.25) is 11.6 Å². The lowest BCUT2D eigenvalue weighted by atomic mass is 9.90. The summed E-state index contributed by atoms with van der Waals surface area (Å²) in [5, 5.41) is 7.60. The van der Waals surface area contributed by atoms with Crippen LogP contribution in [0.3, 0.4) is 0 Å². The van der Waals surface area contributed by atoms with E-state index in [-0.39, 0.29) is 22.7 Å². The van der Waals surface area contributed by atoms with Gasteiger partial charge in [-0.3, -0.25) is 9.59 Å². The van der Waals surface area contributed by atoms with Crippen LogP contribution in [0, 0.1) is 0 Å². The highest BCUT2D eigenvalue weighted by Crippen LogP contribution is 2.25. The summed E-state index contributed by atoms with van der Waals surface area (Å²) >= 11 is 0. The Morgan fingerprint density at radius 1 is 1.00 bits per heavy atom. The molecule has 4 rings (SSSR count). The maximum absolute atomic E-state index is 12.7. The van der Waals surface area contributed by atoms with E-state index in [0.717, 1.165) is 17.8 Å². The minimum atomic E-state index is -0.419. The molecule has 122 valence electrons. The number of amides is 1. The molecular formula is C16H15N5O3. The molecule has 0 N–H and O–H groups in total. The number of carbonyl (C=O) groups is 3. The van der Waals surface area contributed by atoms with E-state index in [0.29, 0.717) is 18.7 Å². The predicted octanol–water partition coefficient (Wildman–Crippen LogP) is 0.269. The highest BCUT2D eigenvalue weighted by molar-refractivity contribution is 6.27. The van der Waals surface area contributed by atoms with Gasteiger partial charge in [0.15, 0.2) is 11.4 Å². The largest absolute Gasteiger partial charge is 0.346 e. The zero-order valence-electron chi connectivity index (χ0n) is 13.1. The van der Waals surface area contributed by atoms with E-state index in [1.807, 2.05) is 7.05 Å². The van der Waals surface area contributed by atoms with Gasteiger partial charge in [0, 0.05) is 37.3 Å². The molecule has 1 aliphatic heterocycles. The Labute approximate surface area is 137 Å². The monoisotopic (exact) mass is 325 g/mol. The second kappa shape index (κ2) is 5.34. The first kappa shape index (κ1) is 14.7. The molecule has 1 fully saturated rings. The Morgan fingerprint density at radius 2 is 1.62 bits per heavy atom. The van der Waals surface area contributed by atoms with Gasteiger partial charge in [-0.15, -0.1) is 5.10 Å². The van der Waals surface area contributed by atoms with Crippen LogP contribution in [-0.2, 0) is 0 Å². The van der Waals surface area contributed by atoms with Crippen LogP contribution in [0.4, 0.5) is 4.79 Å². The third-order valence-corrected chi connectivity index (χ3v) is 4.47. The Bertz CT molecular complexity index is 864. The van der Waals surface area contributed by atoms with Gasteiger partial charge in [-0.2, -0.15) is 4.68 Å². The number of ketones is 2. The maximum Gasteiger partial charge on any atom is 0.346 e. The topological polar surface area (TPSA) is 88.4 Å². The van der Waals surface area contributed by atoms with E-state index in [4.69, 9.17) is 0 Å². The molecular weight excluding hydrogens is 310 g/mol. The quantitative estimate of drug-likeness (QED) is 0.589. The summed E-state index contributed by atoms with van der Waals surface area (Å²) in [6.07, 6.45) is 0. The van der Waals surface area contributed by atoms with E-state index >= 15 is 0 Å². The zero-order valence-corrected chi connectivity index (χ0v) is 13.1. The van der Waals surface area contributed by atoms with Crippen LogP contribution in [-0.4, -0.2) is 75.6 Å². The number of nitrogens with zero attached hydrogens (tertiary/aromatic N) is 5. The van der Waals surface area contributed by atoms with Crippen molar-refractivity contribution in [3.05, 3.63) is 46.8 Å². The van der Waals surface area contributed by atoms with Gasteiger partial charge in [0.05, 0.1) is 0 Å². The molecule has 0 saturated carbocycles. The molecule has 0 unspecified atom stereocenters. The molecule has 24 heavy (non-hydrogen) atoms. The third-order valence-electron chi connectivity index (χ3n) is 4.47. The Kier molecular flexibility index (Phi) is 3.27. The average Bonchev–Trinajstić information content (AvgIpc) is 3.05. The van der Waals surface area contributed by atoms with Crippen molar-refractivity contribution in [2.45, 2.75) is 0 Å². The Balaban J connectivity index is 1.74. The lowest BCUT2D eigenvalue weighted by Gasteiger charge is -2.32. The summed E-state index contributed by atoms with van der Waals surface area (Å²) in [4.78, 5) is 41.7. The zero-order chi connectivity index (χ0) is 16.8. The fourth-order valence-electron chi connectivity index (χ4n) is 3.04. The van der Waals surface area contributed by atoms with Crippen molar-refractivity contribution < 1.29 is 14.4 Å². The van der Waals surface area contributed by atoms with Crippen LogP contribution in [0.2, 0.25) is 0 Å². The number of benzene rings is 1. The summed E-state index contributed by atoms with van der Waals surface area (Å²) in [5.41, 5.74) is 0.489. The maximum atomic E-state index is 12.7. The van der Waals surface area contributed by atoms with Gasteiger partial charge in [0.1, 0.15) is 0 Å². The first-order valence-electron chi connectivity index (χ1n) is 7.70. The van der Waals surface area contributed by atoms with Crippen molar-refractivity contribution in [3.8, 4) is 0 Å². The second-order valence-electron chi connectivity index (χ2n) is 5.98. The molecule has 0 spiro atoms. The Morgan fingerprint density at radius 3 is 2.29 bits per heavy atom. The number of rotatable bonds is 0. The molecule has 0 radical (unpaired) electrons. The van der Waals surface area contributed by atoms with Gasteiger partial charge < -0.3 is 9.80 Å². The molecule has 2 heterocycles. The molecule has 1 aromatic carbocycles. The van der Waals surface area contributed by atoms with Crippen LogP contribution in [0.5, 0.6) is 0 Å². The summed E-state index contributed by atoms with van der Waals surface area (Å²) in [7, 11) is 1.98. The average molecular weight is 325 g/mol. The SMILES string of the molecule is CN1CCN(C(=O)n2nnc3c2C(=O)c2ccccc2C3=O)CC1. The molecule has 2 aliphatic rings. The Hall–Kier alpha value is -2.87. The van der Waals surface area contributed by atoms with E-state index in [1.165, 1.54) is 0 Å². The van der Waals surface area contributed by atoms with Crippen molar-refractivity contribution >= 4 is 17.6 Å². The van der Waals surface area contributed by atoms with Crippen molar-refractivity contribution in [2.24, 2.45) is 0 Å². The van der Waals surface area contributed by atoms with Crippen LogP contribution in [0.1, 0.15) is 32.1 Å². The van der Waals surface area contributed by atoms with Gasteiger partial charge in [-0.25, -0.2) is 4.79 Å². The minimum Gasteiger partial charge on any atom is -0.320 e. The standard InChI is InChI=1S/C16H15N5O3/c1-19-6-8-20(9-7-19)16(24)21-13-12(17-18-21)14(22)10-4-2-3-5-11(10)15(13)23/h2-5H,6-9H2,1H3. The third kappa shape index (κ3) is 2.07. The molecule has 1 amide bonds. The molecule has 8 heteroatoms. The van der Waals surface area contributed by atoms with E-state index < -0.39 is 11.8 Å². The predicted molar refractivity (Wildman–Crippen MR) is 83.2 cm³/mol. The molecule has 0 atom stereocenters. The van der Waals surface area contributed by atoms with Gasteiger partial charge in [-0.05, 0) is 7.05 Å². The van der Waals surface area contributed by atoms with Crippen LogP contribution in [0.15, 0.2) is 24.3 Å². The molecule has 1 aliphatic carbocycles. The number of fused-ring (bicyclic) bond motifs is 2. The van der Waals surface area contributed by atoms with E-state index in [9.17, 15) is 14.4 Å². The first-order chi connectivity index (χ1) is 11.6. The van der Waals surface area contributed by atoms with Crippen molar-refractivity contribution in [1.82, 2.24) is 24.8 Å². The van der Waals surface area contributed by atoms with Crippen molar-refractivity contribution in [2.75, 3.05) is 33.2 Å². The second-order valence-corrected chi connectivity index (χ2v) is 5.98. The fraction of sp³-hybridized carbons (Fsp3) is 0.312. The van der Waals surface area contributed by atoms with Crippen LogP contribution in [0.25, 0.3) is 0 Å². The van der Waals surface area contributed by atoms with Crippen molar-refractivity contribution in [1.29, 1.82) is 0 Å². The smallest absolute Gasteiger partial charge is 0.320 e.